The molecular weight excluding hydrogens is 276 g/mol. The summed E-state index contributed by atoms with van der Waals surface area (Å²) in [5.74, 6) is 2.60. The molecule has 0 unspecified atom stereocenters. The molecule has 0 amide bonds. The van der Waals surface area contributed by atoms with Gasteiger partial charge in [-0.25, -0.2) is 0 Å². The van der Waals surface area contributed by atoms with E-state index >= 15 is 0 Å². The van der Waals surface area contributed by atoms with Crippen LogP contribution < -0.4 is 14.8 Å². The van der Waals surface area contributed by atoms with Crippen LogP contribution in [0.1, 0.15) is 43.7 Å². The van der Waals surface area contributed by atoms with Gasteiger partial charge >= 0.3 is 0 Å². The molecule has 2 aliphatic heterocycles. The maximum atomic E-state index is 5.61. The standard InChI is InChI=1S/C18H26N2O2/c1-2-4-14(5-3-1)18(20-10-8-19-9-11-20)15-6-7-16-17(12-15)22-13-21-16/h6-7,12,14,18-19H,1-5,8-11,13H2/t18-/m0/s1. The fourth-order valence-corrected chi connectivity index (χ4v) is 4.29. The highest BCUT2D eigenvalue weighted by Gasteiger charge is 2.31. The molecule has 1 atom stereocenters. The Labute approximate surface area is 132 Å². The Morgan fingerprint density at radius 2 is 1.77 bits per heavy atom. The first-order valence-electron chi connectivity index (χ1n) is 8.76. The van der Waals surface area contributed by atoms with E-state index in [4.69, 9.17) is 9.47 Å². The minimum Gasteiger partial charge on any atom is -0.454 e. The SMILES string of the molecule is c1cc2c(cc1[C@H](C1CCCCC1)N1CCNCC1)OCO2. The van der Waals surface area contributed by atoms with Gasteiger partial charge < -0.3 is 14.8 Å². The maximum Gasteiger partial charge on any atom is 0.231 e. The second kappa shape index (κ2) is 6.47. The molecule has 1 aromatic rings. The second-order valence-corrected chi connectivity index (χ2v) is 6.74. The Balaban J connectivity index is 1.63. The number of piperazine rings is 1. The van der Waals surface area contributed by atoms with Crippen molar-refractivity contribution in [3.05, 3.63) is 23.8 Å². The molecule has 3 aliphatic rings. The van der Waals surface area contributed by atoms with E-state index in [0.29, 0.717) is 12.8 Å². The lowest BCUT2D eigenvalue weighted by Gasteiger charge is -2.41. The Bertz CT molecular complexity index is 490. The highest BCUT2D eigenvalue weighted by Crippen LogP contribution is 2.42. The first-order valence-corrected chi connectivity index (χ1v) is 8.76. The summed E-state index contributed by atoms with van der Waals surface area (Å²) in [5, 5.41) is 3.48. The fraction of sp³-hybridized carbons (Fsp3) is 0.667. The van der Waals surface area contributed by atoms with Gasteiger partial charge in [-0.15, -0.1) is 0 Å². The van der Waals surface area contributed by atoms with Gasteiger partial charge in [0.2, 0.25) is 6.79 Å². The first kappa shape index (κ1) is 14.3. The van der Waals surface area contributed by atoms with Crippen molar-refractivity contribution < 1.29 is 9.47 Å². The van der Waals surface area contributed by atoms with Gasteiger partial charge in [0.25, 0.3) is 0 Å². The van der Waals surface area contributed by atoms with Crippen molar-refractivity contribution in [1.29, 1.82) is 0 Å². The third kappa shape index (κ3) is 2.82. The Hall–Kier alpha value is -1.26. The van der Waals surface area contributed by atoms with Crippen LogP contribution in [0, 0.1) is 5.92 Å². The van der Waals surface area contributed by atoms with E-state index < -0.39 is 0 Å². The summed E-state index contributed by atoms with van der Waals surface area (Å²) in [6.45, 7) is 4.87. The normalized spacial score (nSPS) is 24.4. The summed E-state index contributed by atoms with van der Waals surface area (Å²) in [5.41, 5.74) is 1.41. The number of hydrogen-bond donors (Lipinski definition) is 1. The van der Waals surface area contributed by atoms with Gasteiger partial charge in [0, 0.05) is 32.2 Å². The van der Waals surface area contributed by atoms with Crippen molar-refractivity contribution in [2.24, 2.45) is 5.92 Å². The number of nitrogens with zero attached hydrogens (tertiary/aromatic N) is 1. The zero-order valence-electron chi connectivity index (χ0n) is 13.2. The largest absolute Gasteiger partial charge is 0.454 e. The highest BCUT2D eigenvalue weighted by atomic mass is 16.7. The molecule has 0 bridgehead atoms. The average molecular weight is 302 g/mol. The molecule has 4 rings (SSSR count). The van der Waals surface area contributed by atoms with Crippen LogP contribution >= 0.6 is 0 Å². The minimum absolute atomic E-state index is 0.362. The van der Waals surface area contributed by atoms with Crippen LogP contribution in [0.2, 0.25) is 0 Å². The number of fused-ring (bicyclic) bond motifs is 1. The quantitative estimate of drug-likeness (QED) is 0.931. The lowest BCUT2D eigenvalue weighted by Crippen LogP contribution is -2.47. The number of hydrogen-bond acceptors (Lipinski definition) is 4. The van der Waals surface area contributed by atoms with Crippen LogP contribution in [0.5, 0.6) is 11.5 Å². The Morgan fingerprint density at radius 1 is 1.00 bits per heavy atom. The van der Waals surface area contributed by atoms with Crippen LogP contribution in [-0.4, -0.2) is 37.9 Å². The molecule has 4 heteroatoms. The van der Waals surface area contributed by atoms with E-state index in [0.717, 1.165) is 43.6 Å². The second-order valence-electron chi connectivity index (χ2n) is 6.74. The smallest absolute Gasteiger partial charge is 0.231 e. The predicted molar refractivity (Wildman–Crippen MR) is 86.3 cm³/mol. The average Bonchev–Trinajstić information content (AvgIpc) is 3.05. The Kier molecular flexibility index (Phi) is 4.22. The fourth-order valence-electron chi connectivity index (χ4n) is 4.29. The van der Waals surface area contributed by atoms with Crippen LogP contribution in [0.3, 0.4) is 0 Å². The van der Waals surface area contributed by atoms with Gasteiger partial charge in [-0.3, -0.25) is 4.90 Å². The van der Waals surface area contributed by atoms with E-state index in [9.17, 15) is 0 Å². The lowest BCUT2D eigenvalue weighted by atomic mass is 9.80. The van der Waals surface area contributed by atoms with Crippen LogP contribution in [-0.2, 0) is 0 Å². The molecule has 1 saturated heterocycles. The third-order valence-electron chi connectivity index (χ3n) is 5.38. The summed E-state index contributed by atoms with van der Waals surface area (Å²) in [4.78, 5) is 2.68. The molecule has 1 aromatic carbocycles. The minimum atomic E-state index is 0.362. The molecule has 120 valence electrons. The van der Waals surface area contributed by atoms with Crippen molar-refractivity contribution in [3.8, 4) is 11.5 Å². The van der Waals surface area contributed by atoms with Crippen molar-refractivity contribution in [3.63, 3.8) is 0 Å². The number of ether oxygens (including phenoxy) is 2. The molecule has 22 heavy (non-hydrogen) atoms. The van der Waals surface area contributed by atoms with E-state index in [1.807, 2.05) is 0 Å². The van der Waals surface area contributed by atoms with E-state index in [2.05, 4.69) is 28.4 Å². The molecule has 1 N–H and O–H groups in total. The maximum absolute atomic E-state index is 5.61. The summed E-state index contributed by atoms with van der Waals surface area (Å²) >= 11 is 0. The predicted octanol–water partition coefficient (Wildman–Crippen LogP) is 2.94. The topological polar surface area (TPSA) is 33.7 Å². The molecule has 4 nitrogen and oxygen atoms in total. The highest BCUT2D eigenvalue weighted by molar-refractivity contribution is 5.45. The third-order valence-corrected chi connectivity index (χ3v) is 5.38. The molecule has 1 saturated carbocycles. The molecular formula is C18H26N2O2. The van der Waals surface area contributed by atoms with E-state index in [-0.39, 0.29) is 0 Å². The van der Waals surface area contributed by atoms with Gasteiger partial charge in [0.1, 0.15) is 0 Å². The number of benzene rings is 1. The van der Waals surface area contributed by atoms with Gasteiger partial charge in [-0.1, -0.05) is 25.3 Å². The first-order chi connectivity index (χ1) is 10.9. The van der Waals surface area contributed by atoms with Crippen LogP contribution in [0.25, 0.3) is 0 Å². The molecule has 2 fully saturated rings. The van der Waals surface area contributed by atoms with Gasteiger partial charge in [0.05, 0.1) is 0 Å². The summed E-state index contributed by atoms with van der Waals surface area (Å²) in [6, 6.07) is 7.12. The zero-order chi connectivity index (χ0) is 14.8. The van der Waals surface area contributed by atoms with Crippen LogP contribution in [0.15, 0.2) is 18.2 Å². The van der Waals surface area contributed by atoms with Crippen molar-refractivity contribution >= 4 is 0 Å². The summed E-state index contributed by atoms with van der Waals surface area (Å²) in [7, 11) is 0. The van der Waals surface area contributed by atoms with Crippen LogP contribution in [0.4, 0.5) is 0 Å². The van der Waals surface area contributed by atoms with Gasteiger partial charge in [-0.2, -0.15) is 0 Å². The van der Waals surface area contributed by atoms with Crippen molar-refractivity contribution in [2.75, 3.05) is 33.0 Å². The number of rotatable bonds is 3. The molecule has 0 spiro atoms. The van der Waals surface area contributed by atoms with Gasteiger partial charge in [0.15, 0.2) is 11.5 Å². The number of nitrogens with one attached hydrogen (secondary N) is 1. The molecule has 0 aromatic heterocycles. The summed E-state index contributed by atoms with van der Waals surface area (Å²) < 4.78 is 11.1. The monoisotopic (exact) mass is 302 g/mol. The van der Waals surface area contributed by atoms with Crippen molar-refractivity contribution in [1.82, 2.24) is 10.2 Å². The van der Waals surface area contributed by atoms with Crippen molar-refractivity contribution in [2.45, 2.75) is 38.1 Å². The lowest BCUT2D eigenvalue weighted by molar-refractivity contribution is 0.103. The molecule has 1 aliphatic carbocycles. The van der Waals surface area contributed by atoms with Gasteiger partial charge in [-0.05, 0) is 36.5 Å². The Morgan fingerprint density at radius 3 is 2.59 bits per heavy atom. The summed E-state index contributed by atoms with van der Waals surface area (Å²) in [6.07, 6.45) is 6.91. The zero-order valence-corrected chi connectivity index (χ0v) is 13.2. The van der Waals surface area contributed by atoms with E-state index in [1.54, 1.807) is 0 Å². The molecule has 2 heterocycles. The molecule has 0 radical (unpaired) electrons. The van der Waals surface area contributed by atoms with E-state index in [1.165, 1.54) is 37.7 Å².